The summed E-state index contributed by atoms with van der Waals surface area (Å²) in [5.41, 5.74) is 2.59. The molecule has 28 heavy (non-hydrogen) atoms. The Bertz CT molecular complexity index is 1130. The van der Waals surface area contributed by atoms with Gasteiger partial charge in [-0.1, -0.05) is 6.07 Å². The molecule has 0 unspecified atom stereocenters. The van der Waals surface area contributed by atoms with Crippen LogP contribution in [0.5, 0.6) is 0 Å². The van der Waals surface area contributed by atoms with Gasteiger partial charge in [-0.25, -0.2) is 9.50 Å². The summed E-state index contributed by atoms with van der Waals surface area (Å²) in [6, 6.07) is 10.0. The molecule has 1 saturated heterocycles. The van der Waals surface area contributed by atoms with E-state index in [0.29, 0.717) is 12.2 Å². The second-order valence-corrected chi connectivity index (χ2v) is 8.05. The highest BCUT2D eigenvalue weighted by molar-refractivity contribution is 7.13. The molecule has 4 aromatic heterocycles. The van der Waals surface area contributed by atoms with E-state index in [1.165, 1.54) is 4.88 Å². The van der Waals surface area contributed by atoms with Gasteiger partial charge in [-0.05, 0) is 42.5 Å². The first-order valence-electron chi connectivity index (χ1n) is 9.36. The number of amides is 1. The van der Waals surface area contributed by atoms with Crippen LogP contribution in [-0.2, 0) is 7.05 Å². The number of likely N-dealkylation sites (tertiary alicyclic amines) is 1. The number of rotatable bonds is 3. The van der Waals surface area contributed by atoms with Crippen molar-refractivity contribution in [3.8, 4) is 10.4 Å². The molecule has 0 N–H and O–H groups in total. The number of pyridine rings is 1. The Morgan fingerprint density at radius 1 is 1.25 bits per heavy atom. The van der Waals surface area contributed by atoms with Crippen molar-refractivity contribution in [3.05, 3.63) is 59.6 Å². The van der Waals surface area contributed by atoms with Gasteiger partial charge in [-0.2, -0.15) is 10.2 Å². The number of carbonyl (C=O) groups is 1. The molecule has 7 nitrogen and oxygen atoms in total. The molecule has 1 aliphatic heterocycles. The second-order valence-electron chi connectivity index (χ2n) is 7.10. The zero-order chi connectivity index (χ0) is 19.1. The lowest BCUT2D eigenvalue weighted by Gasteiger charge is -2.31. The van der Waals surface area contributed by atoms with Crippen LogP contribution in [0.1, 0.15) is 35.1 Å². The molecule has 1 atom stereocenters. The van der Waals surface area contributed by atoms with Crippen molar-refractivity contribution in [2.24, 2.45) is 7.05 Å². The van der Waals surface area contributed by atoms with Crippen molar-refractivity contribution >= 4 is 22.9 Å². The highest BCUT2D eigenvalue weighted by atomic mass is 32.1. The number of thiophene rings is 1. The van der Waals surface area contributed by atoms with E-state index in [2.05, 4.69) is 22.6 Å². The molecule has 0 aliphatic carbocycles. The number of aromatic nitrogens is 5. The van der Waals surface area contributed by atoms with Gasteiger partial charge in [0.25, 0.3) is 5.91 Å². The Hall–Kier alpha value is -3.00. The second kappa shape index (κ2) is 6.87. The SMILES string of the molecule is Cn1nccc1C(=O)N1CCC[C@H](c2nc3ccc(-c4cccs4)cn3n2)C1. The van der Waals surface area contributed by atoms with E-state index in [4.69, 9.17) is 10.1 Å². The fourth-order valence-electron chi connectivity index (χ4n) is 3.78. The molecule has 0 saturated carbocycles. The summed E-state index contributed by atoms with van der Waals surface area (Å²) in [6.07, 6.45) is 5.62. The smallest absolute Gasteiger partial charge is 0.272 e. The maximum atomic E-state index is 12.8. The summed E-state index contributed by atoms with van der Waals surface area (Å²) in [5.74, 6) is 0.982. The van der Waals surface area contributed by atoms with Gasteiger partial charge in [0.2, 0.25) is 0 Å². The molecule has 5 heterocycles. The molecule has 0 radical (unpaired) electrons. The molecule has 0 spiro atoms. The predicted octanol–water partition coefficient (Wildman–Crippen LogP) is 3.21. The van der Waals surface area contributed by atoms with Crippen molar-refractivity contribution in [1.29, 1.82) is 0 Å². The van der Waals surface area contributed by atoms with Crippen LogP contribution < -0.4 is 0 Å². The Morgan fingerprint density at radius 2 is 2.18 bits per heavy atom. The third-order valence-corrected chi connectivity index (χ3v) is 6.19. The number of aryl methyl sites for hydroxylation is 1. The van der Waals surface area contributed by atoms with Crippen LogP contribution in [-0.4, -0.2) is 48.3 Å². The van der Waals surface area contributed by atoms with Crippen molar-refractivity contribution in [1.82, 2.24) is 29.3 Å². The number of piperidine rings is 1. The van der Waals surface area contributed by atoms with E-state index < -0.39 is 0 Å². The topological polar surface area (TPSA) is 68.3 Å². The average molecular weight is 392 g/mol. The molecular weight excluding hydrogens is 372 g/mol. The lowest BCUT2D eigenvalue weighted by molar-refractivity contribution is 0.0693. The molecule has 4 aromatic rings. The van der Waals surface area contributed by atoms with Crippen molar-refractivity contribution in [2.45, 2.75) is 18.8 Å². The minimum absolute atomic E-state index is 0.0217. The van der Waals surface area contributed by atoms with E-state index in [-0.39, 0.29) is 11.8 Å². The van der Waals surface area contributed by atoms with E-state index >= 15 is 0 Å². The maximum absolute atomic E-state index is 12.8. The first-order chi connectivity index (χ1) is 13.7. The molecule has 0 bridgehead atoms. The fourth-order valence-corrected chi connectivity index (χ4v) is 4.50. The van der Waals surface area contributed by atoms with Gasteiger partial charge in [0.15, 0.2) is 11.5 Å². The summed E-state index contributed by atoms with van der Waals surface area (Å²) in [6.45, 7) is 1.40. The predicted molar refractivity (Wildman–Crippen MR) is 107 cm³/mol. The van der Waals surface area contributed by atoms with Crippen LogP contribution in [0.3, 0.4) is 0 Å². The monoisotopic (exact) mass is 392 g/mol. The van der Waals surface area contributed by atoms with Gasteiger partial charge in [-0.3, -0.25) is 9.48 Å². The zero-order valence-corrected chi connectivity index (χ0v) is 16.3. The summed E-state index contributed by atoms with van der Waals surface area (Å²) >= 11 is 1.71. The number of nitrogens with zero attached hydrogens (tertiary/aromatic N) is 6. The van der Waals surface area contributed by atoms with E-state index in [1.807, 2.05) is 27.7 Å². The van der Waals surface area contributed by atoms with Gasteiger partial charge >= 0.3 is 0 Å². The first-order valence-corrected chi connectivity index (χ1v) is 10.2. The molecule has 8 heteroatoms. The normalized spacial score (nSPS) is 17.3. The van der Waals surface area contributed by atoms with E-state index in [1.54, 1.807) is 35.3 Å². The summed E-state index contributed by atoms with van der Waals surface area (Å²) < 4.78 is 3.48. The van der Waals surface area contributed by atoms with E-state index in [9.17, 15) is 4.79 Å². The largest absolute Gasteiger partial charge is 0.337 e. The first kappa shape index (κ1) is 17.1. The lowest BCUT2D eigenvalue weighted by atomic mass is 9.97. The Kier molecular flexibility index (Phi) is 4.20. The minimum Gasteiger partial charge on any atom is -0.337 e. The van der Waals surface area contributed by atoms with Gasteiger partial charge in [0.05, 0.1) is 0 Å². The van der Waals surface area contributed by atoms with Crippen LogP contribution in [0, 0.1) is 0 Å². The van der Waals surface area contributed by atoms with Gasteiger partial charge in [-0.15, -0.1) is 11.3 Å². The number of carbonyl (C=O) groups excluding carboxylic acids is 1. The maximum Gasteiger partial charge on any atom is 0.272 e. The van der Waals surface area contributed by atoms with Crippen LogP contribution >= 0.6 is 11.3 Å². The standard InChI is InChI=1S/C20H20N6OS/c1-24-16(8-9-21-24)20(27)25-10-2-4-15(12-25)19-22-18-7-6-14(13-26(18)23-19)17-5-3-11-28-17/h3,5-9,11,13,15H,2,4,10,12H2,1H3/t15-/m0/s1. The van der Waals surface area contributed by atoms with Crippen molar-refractivity contribution in [2.75, 3.05) is 13.1 Å². The molecular formula is C20H20N6OS. The Labute approximate surface area is 166 Å². The van der Waals surface area contributed by atoms with Crippen molar-refractivity contribution in [3.63, 3.8) is 0 Å². The summed E-state index contributed by atoms with van der Waals surface area (Å²) in [5, 5.41) is 10.9. The molecule has 142 valence electrons. The van der Waals surface area contributed by atoms with Gasteiger partial charge in [0.1, 0.15) is 5.69 Å². The summed E-state index contributed by atoms with van der Waals surface area (Å²) in [7, 11) is 1.80. The number of hydrogen-bond acceptors (Lipinski definition) is 5. The van der Waals surface area contributed by atoms with Crippen LogP contribution in [0.2, 0.25) is 0 Å². The molecule has 5 rings (SSSR count). The van der Waals surface area contributed by atoms with Gasteiger partial charge < -0.3 is 4.90 Å². The van der Waals surface area contributed by atoms with Crippen LogP contribution in [0.15, 0.2) is 48.1 Å². The summed E-state index contributed by atoms with van der Waals surface area (Å²) in [4.78, 5) is 20.7. The molecule has 1 aliphatic rings. The third kappa shape index (κ3) is 2.99. The van der Waals surface area contributed by atoms with Crippen LogP contribution in [0.25, 0.3) is 16.1 Å². The number of fused-ring (bicyclic) bond motifs is 1. The Morgan fingerprint density at radius 3 is 2.96 bits per heavy atom. The zero-order valence-electron chi connectivity index (χ0n) is 15.5. The highest BCUT2D eigenvalue weighted by Crippen LogP contribution is 2.28. The average Bonchev–Trinajstić information content (AvgIpc) is 3.47. The number of hydrogen-bond donors (Lipinski definition) is 0. The van der Waals surface area contributed by atoms with Crippen LogP contribution in [0.4, 0.5) is 0 Å². The van der Waals surface area contributed by atoms with Gasteiger partial charge in [0, 0.05) is 48.9 Å². The third-order valence-electron chi connectivity index (χ3n) is 5.27. The molecule has 0 aromatic carbocycles. The van der Waals surface area contributed by atoms with E-state index in [0.717, 1.165) is 36.4 Å². The lowest BCUT2D eigenvalue weighted by Crippen LogP contribution is -2.40. The fraction of sp³-hybridized carbons (Fsp3) is 0.300. The molecule has 1 fully saturated rings. The highest BCUT2D eigenvalue weighted by Gasteiger charge is 2.29. The quantitative estimate of drug-likeness (QED) is 0.537. The Balaban J connectivity index is 1.40. The van der Waals surface area contributed by atoms with Crippen molar-refractivity contribution < 1.29 is 4.79 Å². The molecule has 1 amide bonds. The minimum atomic E-state index is 0.0217.